The van der Waals surface area contributed by atoms with E-state index in [2.05, 4.69) is 35.1 Å². The molecule has 0 aliphatic carbocycles. The van der Waals surface area contributed by atoms with Gasteiger partial charge < -0.3 is 10.1 Å². The summed E-state index contributed by atoms with van der Waals surface area (Å²) in [5.74, 6) is 0.717. The molecule has 0 bridgehead atoms. The highest BCUT2D eigenvalue weighted by molar-refractivity contribution is 9.10. The summed E-state index contributed by atoms with van der Waals surface area (Å²) in [6.07, 6.45) is 0. The molecule has 22 heavy (non-hydrogen) atoms. The molecule has 3 nitrogen and oxygen atoms in total. The number of benzene rings is 2. The van der Waals surface area contributed by atoms with E-state index in [0.717, 1.165) is 15.7 Å². The summed E-state index contributed by atoms with van der Waals surface area (Å²) in [7, 11) is 0. The first-order chi connectivity index (χ1) is 10.5. The van der Waals surface area contributed by atoms with Crippen molar-refractivity contribution in [2.75, 3.05) is 11.9 Å². The molecule has 1 N–H and O–H groups in total. The molecule has 0 atom stereocenters. The number of nitrogens with one attached hydrogen (secondary N) is 1. The van der Waals surface area contributed by atoms with Crippen LogP contribution < -0.4 is 10.1 Å². The number of rotatable bonds is 5. The van der Waals surface area contributed by atoms with Gasteiger partial charge in [0.2, 0.25) is 0 Å². The molecule has 0 saturated heterocycles. The molecule has 5 heteroatoms. The van der Waals surface area contributed by atoms with E-state index in [1.165, 1.54) is 0 Å². The molecule has 0 spiro atoms. The van der Waals surface area contributed by atoms with E-state index < -0.39 is 0 Å². The van der Waals surface area contributed by atoms with Crippen molar-refractivity contribution in [3.8, 4) is 5.75 Å². The van der Waals surface area contributed by atoms with E-state index in [4.69, 9.17) is 16.3 Å². The Balaban J connectivity index is 1.99. The molecule has 0 radical (unpaired) electrons. The molecule has 2 aromatic carbocycles. The second kappa shape index (κ2) is 7.65. The summed E-state index contributed by atoms with van der Waals surface area (Å²) in [6, 6.07) is 12.9. The van der Waals surface area contributed by atoms with Gasteiger partial charge in [-0.05, 0) is 51.7 Å². The fraction of sp³-hybridized carbons (Fsp3) is 0.235. The van der Waals surface area contributed by atoms with Crippen LogP contribution in [0.25, 0.3) is 0 Å². The number of hydrogen-bond donors (Lipinski definition) is 1. The summed E-state index contributed by atoms with van der Waals surface area (Å²) < 4.78 is 6.23. The van der Waals surface area contributed by atoms with Crippen molar-refractivity contribution in [1.29, 1.82) is 0 Å². The van der Waals surface area contributed by atoms with Crippen molar-refractivity contribution >= 4 is 39.1 Å². The number of anilines is 1. The standard InChI is InChI=1S/C17H17BrClNO2/c1-11(2)13-5-3-4-6-15(13)20-17(21)10-22-16-8-7-12(19)9-14(16)18/h3-9,11H,10H2,1-2H3,(H,20,21). The van der Waals surface area contributed by atoms with Crippen LogP contribution in [0, 0.1) is 0 Å². The minimum absolute atomic E-state index is 0.0628. The fourth-order valence-corrected chi connectivity index (χ4v) is 2.83. The second-order valence-electron chi connectivity index (χ2n) is 5.15. The van der Waals surface area contributed by atoms with Crippen LogP contribution in [0.15, 0.2) is 46.9 Å². The van der Waals surface area contributed by atoms with Crippen LogP contribution in [0.4, 0.5) is 5.69 Å². The maximum atomic E-state index is 12.1. The summed E-state index contributed by atoms with van der Waals surface area (Å²) >= 11 is 9.22. The van der Waals surface area contributed by atoms with Crippen LogP contribution >= 0.6 is 27.5 Å². The molecule has 116 valence electrons. The number of para-hydroxylation sites is 1. The highest BCUT2D eigenvalue weighted by Gasteiger charge is 2.10. The predicted molar refractivity (Wildman–Crippen MR) is 93.8 cm³/mol. The van der Waals surface area contributed by atoms with Crippen LogP contribution in [0.1, 0.15) is 25.3 Å². The van der Waals surface area contributed by atoms with E-state index in [1.807, 2.05) is 24.3 Å². The van der Waals surface area contributed by atoms with Crippen LogP contribution in [0.5, 0.6) is 5.75 Å². The Labute approximate surface area is 143 Å². The first kappa shape index (κ1) is 16.8. The number of halogens is 2. The Morgan fingerprint density at radius 2 is 2.00 bits per heavy atom. The smallest absolute Gasteiger partial charge is 0.262 e. The molecule has 0 aliphatic rings. The minimum atomic E-state index is -0.199. The summed E-state index contributed by atoms with van der Waals surface area (Å²) in [5.41, 5.74) is 1.92. The molecular formula is C17H17BrClNO2. The first-order valence-corrected chi connectivity index (χ1v) is 8.11. The Morgan fingerprint density at radius 1 is 1.27 bits per heavy atom. The van der Waals surface area contributed by atoms with Gasteiger partial charge in [0.25, 0.3) is 5.91 Å². The number of carbonyl (C=O) groups is 1. The van der Waals surface area contributed by atoms with E-state index >= 15 is 0 Å². The monoisotopic (exact) mass is 381 g/mol. The van der Waals surface area contributed by atoms with Gasteiger partial charge in [0, 0.05) is 10.7 Å². The number of hydrogen-bond acceptors (Lipinski definition) is 2. The number of amides is 1. The molecule has 1 amide bonds. The Morgan fingerprint density at radius 3 is 2.68 bits per heavy atom. The average molecular weight is 383 g/mol. The van der Waals surface area contributed by atoms with Crippen LogP contribution in [0.2, 0.25) is 5.02 Å². The van der Waals surface area contributed by atoms with Crippen molar-refractivity contribution in [2.45, 2.75) is 19.8 Å². The molecule has 2 aromatic rings. The van der Waals surface area contributed by atoms with Gasteiger partial charge in [0.15, 0.2) is 6.61 Å². The van der Waals surface area contributed by atoms with Crippen molar-refractivity contribution in [1.82, 2.24) is 0 Å². The largest absolute Gasteiger partial charge is 0.483 e. The Kier molecular flexibility index (Phi) is 5.86. The molecule has 0 aliphatic heterocycles. The summed E-state index contributed by atoms with van der Waals surface area (Å²) in [4.78, 5) is 12.1. The van der Waals surface area contributed by atoms with E-state index in [9.17, 15) is 4.79 Å². The topological polar surface area (TPSA) is 38.3 Å². The van der Waals surface area contributed by atoms with Gasteiger partial charge in [0.1, 0.15) is 5.75 Å². The van der Waals surface area contributed by atoms with Gasteiger partial charge in [-0.15, -0.1) is 0 Å². The zero-order chi connectivity index (χ0) is 16.1. The van der Waals surface area contributed by atoms with Crippen molar-refractivity contribution in [3.63, 3.8) is 0 Å². The third-order valence-corrected chi connectivity index (χ3v) is 3.96. The van der Waals surface area contributed by atoms with Crippen molar-refractivity contribution < 1.29 is 9.53 Å². The maximum absolute atomic E-state index is 12.1. The van der Waals surface area contributed by atoms with E-state index in [-0.39, 0.29) is 12.5 Å². The van der Waals surface area contributed by atoms with Gasteiger partial charge in [0.05, 0.1) is 4.47 Å². The maximum Gasteiger partial charge on any atom is 0.262 e. The Hall–Kier alpha value is -1.52. The highest BCUT2D eigenvalue weighted by Crippen LogP contribution is 2.28. The normalized spacial score (nSPS) is 10.6. The van der Waals surface area contributed by atoms with Crippen molar-refractivity contribution in [2.24, 2.45) is 0 Å². The van der Waals surface area contributed by atoms with Crippen molar-refractivity contribution in [3.05, 3.63) is 57.5 Å². The van der Waals surface area contributed by atoms with Gasteiger partial charge in [-0.1, -0.05) is 43.6 Å². The summed E-state index contributed by atoms with van der Waals surface area (Å²) in [6.45, 7) is 4.12. The van der Waals surface area contributed by atoms with E-state index in [0.29, 0.717) is 16.7 Å². The highest BCUT2D eigenvalue weighted by atomic mass is 79.9. The average Bonchev–Trinajstić information content (AvgIpc) is 2.46. The Bertz CT molecular complexity index is 673. The molecule has 0 heterocycles. The first-order valence-electron chi connectivity index (χ1n) is 6.94. The molecular weight excluding hydrogens is 366 g/mol. The molecule has 2 rings (SSSR count). The lowest BCUT2D eigenvalue weighted by molar-refractivity contribution is -0.118. The molecule has 0 aromatic heterocycles. The van der Waals surface area contributed by atoms with Gasteiger partial charge in [-0.2, -0.15) is 0 Å². The van der Waals surface area contributed by atoms with Gasteiger partial charge in [-0.3, -0.25) is 4.79 Å². The third-order valence-electron chi connectivity index (χ3n) is 3.11. The number of carbonyl (C=O) groups excluding carboxylic acids is 1. The third kappa shape index (κ3) is 4.49. The quantitative estimate of drug-likeness (QED) is 0.767. The van der Waals surface area contributed by atoms with E-state index in [1.54, 1.807) is 18.2 Å². The van der Waals surface area contributed by atoms with Crippen LogP contribution in [-0.2, 0) is 4.79 Å². The summed E-state index contributed by atoms with van der Waals surface area (Å²) in [5, 5.41) is 3.49. The fourth-order valence-electron chi connectivity index (χ4n) is 2.04. The van der Waals surface area contributed by atoms with Crippen LogP contribution in [-0.4, -0.2) is 12.5 Å². The predicted octanol–water partition coefficient (Wildman–Crippen LogP) is 5.24. The SMILES string of the molecule is CC(C)c1ccccc1NC(=O)COc1ccc(Cl)cc1Br. The zero-order valence-corrected chi connectivity index (χ0v) is 14.7. The molecule has 0 saturated carbocycles. The number of ether oxygens (including phenoxy) is 1. The molecule has 0 unspecified atom stereocenters. The lowest BCUT2D eigenvalue weighted by atomic mass is 10.0. The van der Waals surface area contributed by atoms with Gasteiger partial charge in [-0.25, -0.2) is 0 Å². The lowest BCUT2D eigenvalue weighted by Gasteiger charge is -2.14. The minimum Gasteiger partial charge on any atom is -0.483 e. The van der Waals surface area contributed by atoms with Crippen LogP contribution in [0.3, 0.4) is 0 Å². The van der Waals surface area contributed by atoms with Gasteiger partial charge >= 0.3 is 0 Å². The lowest BCUT2D eigenvalue weighted by Crippen LogP contribution is -2.21. The second-order valence-corrected chi connectivity index (χ2v) is 6.44. The zero-order valence-electron chi connectivity index (χ0n) is 12.4. The molecule has 0 fully saturated rings.